The van der Waals surface area contributed by atoms with E-state index in [-0.39, 0.29) is 54.1 Å². The lowest BCUT2D eigenvalue weighted by Gasteiger charge is -2.34. The average molecular weight is 472 g/mol. The molecule has 0 radical (unpaired) electrons. The quantitative estimate of drug-likeness (QED) is 0.525. The molecule has 3 N–H and O–H groups in total. The number of aliphatic hydroxyl groups excluding tert-OH is 1. The maximum absolute atomic E-state index is 12.8. The molecule has 2 aromatic carbocycles. The van der Waals surface area contributed by atoms with Crippen LogP contribution >= 0.6 is 37.5 Å². The van der Waals surface area contributed by atoms with E-state index < -0.39 is 17.5 Å². The van der Waals surface area contributed by atoms with Gasteiger partial charge in [0.2, 0.25) is 0 Å². The molecule has 1 fully saturated rings. The number of aliphatic hydroxyl groups is 1. The fourth-order valence-electron chi connectivity index (χ4n) is 3.90. The molecular weight excluding hydrogens is 449 g/mol. The number of phenolic OH excluding ortho intramolecular Hbond substituents is 2. The zero-order valence-electron chi connectivity index (χ0n) is 16.1. The Morgan fingerprint density at radius 1 is 1.17 bits per heavy atom. The number of nitrogens with zero attached hydrogens (tertiary/aromatic N) is 1. The maximum atomic E-state index is 12.8. The first-order valence-corrected chi connectivity index (χ1v) is 9.38. The Morgan fingerprint density at radius 3 is 2.53 bits per heavy atom. The molecule has 0 bridgehead atoms. The van der Waals surface area contributed by atoms with Gasteiger partial charge in [0.1, 0.15) is 28.2 Å². The van der Waals surface area contributed by atoms with E-state index in [1.165, 1.54) is 6.07 Å². The summed E-state index contributed by atoms with van der Waals surface area (Å²) in [5.41, 5.74) is 0.492. The van der Waals surface area contributed by atoms with Gasteiger partial charge in [0.25, 0.3) is 0 Å². The summed E-state index contributed by atoms with van der Waals surface area (Å²) in [5.74, 6) is -0.767. The molecule has 0 saturated carbocycles. The highest BCUT2D eigenvalue weighted by Crippen LogP contribution is 2.42. The number of β-amino-alcohol motifs (C(OH)–C–C–N with tert-alkyl or cyclic N) is 1. The lowest BCUT2D eigenvalue weighted by atomic mass is 9.85. The van der Waals surface area contributed by atoms with Gasteiger partial charge in [-0.15, -0.1) is 12.4 Å². The molecule has 3 aromatic rings. The minimum absolute atomic E-state index is 0. The lowest BCUT2D eigenvalue weighted by molar-refractivity contribution is 0.0630. The first-order valence-electron chi connectivity index (χ1n) is 9.01. The summed E-state index contributed by atoms with van der Waals surface area (Å²) in [4.78, 5) is 14.8. The molecule has 2 heterocycles. The highest BCUT2D eigenvalue weighted by molar-refractivity contribution is 7.59. The van der Waals surface area contributed by atoms with Crippen molar-refractivity contribution in [1.29, 1.82) is 0 Å². The van der Waals surface area contributed by atoms with Crippen molar-refractivity contribution in [3.63, 3.8) is 0 Å². The highest BCUT2D eigenvalue weighted by Gasteiger charge is 2.33. The molecule has 6 nitrogen and oxygen atoms in total. The molecule has 30 heavy (non-hydrogen) atoms. The van der Waals surface area contributed by atoms with Gasteiger partial charge < -0.3 is 24.6 Å². The predicted octanol–water partition coefficient (Wildman–Crippen LogP) is 3.84. The van der Waals surface area contributed by atoms with E-state index in [2.05, 4.69) is 0 Å². The largest absolute Gasteiger partial charge is 0.507 e. The Morgan fingerprint density at radius 2 is 1.87 bits per heavy atom. The molecule has 162 valence electrons. The number of halogens is 2. The van der Waals surface area contributed by atoms with E-state index in [4.69, 9.17) is 16.0 Å². The fourth-order valence-corrected chi connectivity index (χ4v) is 4.13. The number of fused-ring (bicyclic) bond motifs is 1. The van der Waals surface area contributed by atoms with Crippen LogP contribution in [0, 0.1) is 0 Å². The number of aromatic hydroxyl groups is 2. The second-order valence-corrected chi connectivity index (χ2v) is 7.62. The number of likely N-dealkylation sites (tertiary alicyclic amines) is 1. The van der Waals surface area contributed by atoms with Crippen molar-refractivity contribution in [3.8, 4) is 22.8 Å². The van der Waals surface area contributed by atoms with Crippen LogP contribution in [0.25, 0.3) is 22.3 Å². The van der Waals surface area contributed by atoms with Crippen LogP contribution in [-0.4, -0.2) is 46.5 Å². The van der Waals surface area contributed by atoms with Gasteiger partial charge in [-0.2, -0.15) is 13.5 Å². The van der Waals surface area contributed by atoms with Crippen LogP contribution in [0.4, 0.5) is 0 Å². The molecular formula is C21H23Cl2NO5S. The molecule has 1 unspecified atom stereocenters. The molecule has 1 saturated heterocycles. The summed E-state index contributed by atoms with van der Waals surface area (Å²) >= 11 is 6.25. The van der Waals surface area contributed by atoms with Gasteiger partial charge in [-0.3, -0.25) is 4.79 Å². The van der Waals surface area contributed by atoms with Gasteiger partial charge in [0.15, 0.2) is 5.43 Å². The summed E-state index contributed by atoms with van der Waals surface area (Å²) < 4.78 is 6.00. The second kappa shape index (κ2) is 9.49. The number of likely N-dealkylation sites (N-methyl/N-ethyl adjacent to an activating group) is 1. The molecule has 4 rings (SSSR count). The highest BCUT2D eigenvalue weighted by atomic mass is 35.5. The van der Waals surface area contributed by atoms with Crippen molar-refractivity contribution in [1.82, 2.24) is 4.90 Å². The topological polar surface area (TPSA) is 94.1 Å². The molecule has 1 aliphatic heterocycles. The van der Waals surface area contributed by atoms with Gasteiger partial charge in [0.05, 0.1) is 11.1 Å². The Balaban J connectivity index is 0.00000160. The summed E-state index contributed by atoms with van der Waals surface area (Å²) in [6.45, 7) is 1.15. The summed E-state index contributed by atoms with van der Waals surface area (Å²) in [5, 5.41) is 31.8. The minimum atomic E-state index is -0.744. The number of phenols is 2. The van der Waals surface area contributed by atoms with Gasteiger partial charge >= 0.3 is 0 Å². The van der Waals surface area contributed by atoms with Crippen LogP contribution in [-0.2, 0) is 0 Å². The van der Waals surface area contributed by atoms with Crippen molar-refractivity contribution in [2.24, 2.45) is 0 Å². The zero-order chi connectivity index (χ0) is 20.0. The maximum Gasteiger partial charge on any atom is 0.197 e. The molecule has 1 aromatic heterocycles. The average Bonchev–Trinajstić information content (AvgIpc) is 2.63. The van der Waals surface area contributed by atoms with Crippen LogP contribution in [0.3, 0.4) is 0 Å². The van der Waals surface area contributed by atoms with E-state index in [1.807, 2.05) is 11.9 Å². The van der Waals surface area contributed by atoms with E-state index in [0.717, 1.165) is 12.6 Å². The predicted molar refractivity (Wildman–Crippen MR) is 125 cm³/mol. The van der Waals surface area contributed by atoms with Crippen molar-refractivity contribution >= 4 is 48.5 Å². The van der Waals surface area contributed by atoms with Crippen molar-refractivity contribution in [3.05, 3.63) is 57.2 Å². The van der Waals surface area contributed by atoms with E-state index in [0.29, 0.717) is 29.1 Å². The summed E-state index contributed by atoms with van der Waals surface area (Å²) in [7, 11) is 1.91. The monoisotopic (exact) mass is 471 g/mol. The van der Waals surface area contributed by atoms with Crippen molar-refractivity contribution < 1.29 is 19.7 Å². The van der Waals surface area contributed by atoms with Gasteiger partial charge in [-0.1, -0.05) is 23.7 Å². The fraction of sp³-hybridized carbons (Fsp3) is 0.286. The third-order valence-corrected chi connectivity index (χ3v) is 5.62. The molecule has 0 spiro atoms. The van der Waals surface area contributed by atoms with Gasteiger partial charge in [-0.25, -0.2) is 0 Å². The molecule has 1 aliphatic rings. The van der Waals surface area contributed by atoms with Crippen LogP contribution in [0.5, 0.6) is 11.5 Å². The normalized spacial score (nSPS) is 19.2. The van der Waals surface area contributed by atoms with Crippen LogP contribution in [0.2, 0.25) is 5.02 Å². The minimum Gasteiger partial charge on any atom is -0.507 e. The number of rotatable bonds is 2. The van der Waals surface area contributed by atoms with Crippen LogP contribution < -0.4 is 5.43 Å². The first-order chi connectivity index (χ1) is 13.4. The van der Waals surface area contributed by atoms with Crippen molar-refractivity contribution in [2.45, 2.75) is 18.4 Å². The Labute approximate surface area is 191 Å². The van der Waals surface area contributed by atoms with Crippen molar-refractivity contribution in [2.75, 3.05) is 20.1 Å². The Bertz CT molecular complexity index is 1120. The summed E-state index contributed by atoms with van der Waals surface area (Å²) in [6, 6.07) is 9.35. The molecule has 2 atom stereocenters. The number of piperidine rings is 1. The Kier molecular flexibility index (Phi) is 7.71. The van der Waals surface area contributed by atoms with E-state index >= 15 is 0 Å². The van der Waals surface area contributed by atoms with Gasteiger partial charge in [-0.05, 0) is 32.1 Å². The second-order valence-electron chi connectivity index (χ2n) is 7.21. The van der Waals surface area contributed by atoms with E-state index in [9.17, 15) is 20.1 Å². The molecule has 9 heteroatoms. The molecule has 0 aliphatic carbocycles. The lowest BCUT2D eigenvalue weighted by Crippen LogP contribution is -2.40. The smallest absolute Gasteiger partial charge is 0.197 e. The SMILES string of the molecule is CN1CCC(c2c(O)cc(O)c3c(=O)cc(-c4ccccc4Cl)oc23)[C@H](O)C1.Cl.S. The number of benzene rings is 2. The van der Waals surface area contributed by atoms with Crippen LogP contribution in [0.1, 0.15) is 17.9 Å². The number of hydrogen-bond donors (Lipinski definition) is 3. The third kappa shape index (κ3) is 4.26. The zero-order valence-corrected chi connectivity index (χ0v) is 18.7. The standard InChI is InChI=1S/C21H20ClNO5.ClH.H2S/c1-23-7-6-12(17(27)10-23)19-14(24)8-15(25)20-16(26)9-18(28-21(19)20)11-4-2-3-5-13(11)22;;/h2-5,8-9,12,17,24-25,27H,6-7,10H2,1H3;1H;1H2/t12?,17-;;/m1../s1. The van der Waals surface area contributed by atoms with Crippen LogP contribution in [0.15, 0.2) is 45.6 Å². The first kappa shape index (κ1) is 24.4. The molecule has 0 amide bonds. The van der Waals surface area contributed by atoms with Gasteiger partial charge in [0, 0.05) is 35.7 Å². The third-order valence-electron chi connectivity index (χ3n) is 5.29. The summed E-state index contributed by atoms with van der Waals surface area (Å²) in [6.07, 6.45) is -0.169. The Hall–Kier alpha value is -1.90. The number of hydrogen-bond acceptors (Lipinski definition) is 6. The van der Waals surface area contributed by atoms with E-state index in [1.54, 1.807) is 24.3 Å².